The number of halogens is 3. The lowest BCUT2D eigenvalue weighted by Crippen LogP contribution is -2.51. The minimum absolute atomic E-state index is 0.149. The van der Waals surface area contributed by atoms with Crippen LogP contribution in [0.2, 0.25) is 0 Å². The highest BCUT2D eigenvalue weighted by Crippen LogP contribution is 2.21. The van der Waals surface area contributed by atoms with Crippen molar-refractivity contribution in [3.63, 3.8) is 0 Å². The van der Waals surface area contributed by atoms with E-state index in [0.29, 0.717) is 18.9 Å². The van der Waals surface area contributed by atoms with Gasteiger partial charge < -0.3 is 10.2 Å². The summed E-state index contributed by atoms with van der Waals surface area (Å²) >= 11 is 3.38. The monoisotopic (exact) mass is 383 g/mol. The molecule has 0 bridgehead atoms. The molecule has 1 fully saturated rings. The molecule has 122 valence electrons. The minimum Gasteiger partial charge on any atom is -0.354 e. The van der Waals surface area contributed by atoms with Gasteiger partial charge in [-0.1, -0.05) is 0 Å². The molecule has 1 aliphatic rings. The number of aromatic nitrogens is 3. The Morgan fingerprint density at radius 2 is 2.26 bits per heavy atom. The third-order valence-electron chi connectivity index (χ3n) is 3.65. The van der Waals surface area contributed by atoms with Crippen molar-refractivity contribution in [2.24, 2.45) is 0 Å². The van der Waals surface area contributed by atoms with Crippen molar-refractivity contribution in [3.8, 4) is 11.4 Å². The van der Waals surface area contributed by atoms with E-state index in [1.165, 1.54) is 0 Å². The number of hydrogen-bond donors (Lipinski definition) is 1. The lowest BCUT2D eigenvalue weighted by Gasteiger charge is -2.34. The molecular weight excluding hydrogens is 368 g/mol. The van der Waals surface area contributed by atoms with Gasteiger partial charge in [-0.05, 0) is 28.1 Å². The van der Waals surface area contributed by atoms with Gasteiger partial charge in [0.25, 0.3) is 0 Å². The number of anilines is 1. The summed E-state index contributed by atoms with van der Waals surface area (Å²) in [5, 5.41) is 3.12. The molecule has 0 aromatic carbocycles. The van der Waals surface area contributed by atoms with Gasteiger partial charge in [-0.2, -0.15) is 0 Å². The van der Waals surface area contributed by atoms with Gasteiger partial charge in [0.2, 0.25) is 6.43 Å². The SMILES string of the molecule is FC(F)CC1CN(c2ccnc(-c3cncc(Br)c3)n2)CCN1. The number of piperazine rings is 1. The van der Waals surface area contributed by atoms with Crippen LogP contribution in [0.15, 0.2) is 35.2 Å². The summed E-state index contributed by atoms with van der Waals surface area (Å²) in [5.74, 6) is 1.32. The third-order valence-corrected chi connectivity index (χ3v) is 4.08. The minimum atomic E-state index is -2.30. The molecule has 3 heterocycles. The second-order valence-electron chi connectivity index (χ2n) is 5.35. The highest BCUT2D eigenvalue weighted by atomic mass is 79.9. The molecule has 1 atom stereocenters. The van der Waals surface area contributed by atoms with E-state index in [1.54, 1.807) is 24.7 Å². The molecular formula is C15H16BrF2N5. The first-order valence-corrected chi connectivity index (χ1v) is 8.11. The lowest BCUT2D eigenvalue weighted by atomic mass is 10.1. The van der Waals surface area contributed by atoms with Gasteiger partial charge in [0.15, 0.2) is 5.82 Å². The number of alkyl halides is 2. The molecule has 1 N–H and O–H groups in total. The summed E-state index contributed by atoms with van der Waals surface area (Å²) in [4.78, 5) is 15.0. The lowest BCUT2D eigenvalue weighted by molar-refractivity contribution is 0.121. The molecule has 1 unspecified atom stereocenters. The van der Waals surface area contributed by atoms with E-state index in [2.05, 4.69) is 36.2 Å². The van der Waals surface area contributed by atoms with Crippen molar-refractivity contribution >= 4 is 21.7 Å². The molecule has 2 aromatic heterocycles. The molecule has 0 aliphatic carbocycles. The molecule has 0 spiro atoms. The van der Waals surface area contributed by atoms with Crippen molar-refractivity contribution in [1.82, 2.24) is 20.3 Å². The Kier molecular flexibility index (Phi) is 5.12. The summed E-state index contributed by atoms with van der Waals surface area (Å²) < 4.78 is 26.0. The zero-order valence-corrected chi connectivity index (χ0v) is 13.9. The fourth-order valence-corrected chi connectivity index (χ4v) is 2.97. The second kappa shape index (κ2) is 7.27. The Morgan fingerprint density at radius 3 is 3.04 bits per heavy atom. The molecule has 0 radical (unpaired) electrons. The van der Waals surface area contributed by atoms with Gasteiger partial charge in [-0.15, -0.1) is 0 Å². The van der Waals surface area contributed by atoms with Crippen LogP contribution in [0, 0.1) is 0 Å². The maximum absolute atomic E-state index is 12.6. The average molecular weight is 384 g/mol. The second-order valence-corrected chi connectivity index (χ2v) is 6.27. The molecule has 1 saturated heterocycles. The predicted molar refractivity (Wildman–Crippen MR) is 87.6 cm³/mol. The maximum atomic E-state index is 12.6. The first kappa shape index (κ1) is 16.2. The van der Waals surface area contributed by atoms with Crippen LogP contribution in [-0.2, 0) is 0 Å². The van der Waals surface area contributed by atoms with Crippen LogP contribution < -0.4 is 10.2 Å². The van der Waals surface area contributed by atoms with Gasteiger partial charge >= 0.3 is 0 Å². The van der Waals surface area contributed by atoms with Gasteiger partial charge in [-0.3, -0.25) is 4.98 Å². The molecule has 23 heavy (non-hydrogen) atoms. The summed E-state index contributed by atoms with van der Waals surface area (Å²) in [6, 6.07) is 3.47. The molecule has 1 aliphatic heterocycles. The van der Waals surface area contributed by atoms with Crippen LogP contribution in [0.5, 0.6) is 0 Å². The molecule has 3 rings (SSSR count). The van der Waals surface area contributed by atoms with E-state index in [-0.39, 0.29) is 12.5 Å². The van der Waals surface area contributed by atoms with E-state index in [0.717, 1.165) is 22.4 Å². The zero-order chi connectivity index (χ0) is 16.2. The van der Waals surface area contributed by atoms with Crippen molar-refractivity contribution in [2.75, 3.05) is 24.5 Å². The highest BCUT2D eigenvalue weighted by molar-refractivity contribution is 9.10. The third kappa shape index (κ3) is 4.20. The predicted octanol–water partition coefficient (Wildman–Crippen LogP) is 2.73. The topological polar surface area (TPSA) is 53.9 Å². The first-order valence-electron chi connectivity index (χ1n) is 7.32. The Morgan fingerprint density at radius 1 is 1.39 bits per heavy atom. The van der Waals surface area contributed by atoms with Gasteiger partial charge in [0.1, 0.15) is 5.82 Å². The van der Waals surface area contributed by atoms with Crippen LogP contribution in [-0.4, -0.2) is 47.1 Å². The summed E-state index contributed by atoms with van der Waals surface area (Å²) in [5.41, 5.74) is 0.806. The van der Waals surface area contributed by atoms with Gasteiger partial charge in [0, 0.05) is 60.7 Å². The average Bonchev–Trinajstić information content (AvgIpc) is 2.55. The maximum Gasteiger partial charge on any atom is 0.240 e. The molecule has 5 nitrogen and oxygen atoms in total. The van der Waals surface area contributed by atoms with Crippen LogP contribution >= 0.6 is 15.9 Å². The Hall–Kier alpha value is -1.67. The number of rotatable bonds is 4. The zero-order valence-electron chi connectivity index (χ0n) is 12.3. The largest absolute Gasteiger partial charge is 0.354 e. The van der Waals surface area contributed by atoms with Crippen molar-refractivity contribution < 1.29 is 8.78 Å². The number of nitrogens with one attached hydrogen (secondary N) is 1. The van der Waals surface area contributed by atoms with Gasteiger partial charge in [0.05, 0.1) is 0 Å². The summed E-state index contributed by atoms with van der Waals surface area (Å²) in [6.07, 6.45) is 2.62. The highest BCUT2D eigenvalue weighted by Gasteiger charge is 2.23. The van der Waals surface area contributed by atoms with E-state index in [4.69, 9.17) is 0 Å². The molecule has 2 aromatic rings. The van der Waals surface area contributed by atoms with E-state index in [9.17, 15) is 8.78 Å². The van der Waals surface area contributed by atoms with Crippen LogP contribution in [0.25, 0.3) is 11.4 Å². The number of pyridine rings is 1. The molecule has 0 saturated carbocycles. The van der Waals surface area contributed by atoms with E-state index < -0.39 is 6.43 Å². The molecule has 8 heteroatoms. The van der Waals surface area contributed by atoms with Gasteiger partial charge in [-0.25, -0.2) is 18.7 Å². The first-order chi connectivity index (χ1) is 11.1. The summed E-state index contributed by atoms with van der Waals surface area (Å²) in [7, 11) is 0. The standard InChI is InChI=1S/C15H16BrF2N5/c16-11-5-10(7-19-8-11)15-21-2-1-14(22-15)23-4-3-20-12(9-23)6-13(17)18/h1-2,5,7-8,12-13,20H,3-4,6,9H2. The number of hydrogen-bond acceptors (Lipinski definition) is 5. The fourth-order valence-electron chi connectivity index (χ4n) is 2.61. The normalized spacial score (nSPS) is 18.4. The number of nitrogens with zero attached hydrogens (tertiary/aromatic N) is 4. The van der Waals surface area contributed by atoms with E-state index >= 15 is 0 Å². The van der Waals surface area contributed by atoms with Crippen molar-refractivity contribution in [3.05, 3.63) is 35.2 Å². The summed E-state index contributed by atoms with van der Waals surface area (Å²) in [6.45, 7) is 1.90. The van der Waals surface area contributed by atoms with Crippen molar-refractivity contribution in [2.45, 2.75) is 18.9 Å². The Bertz CT molecular complexity index is 670. The van der Waals surface area contributed by atoms with Crippen LogP contribution in [0.4, 0.5) is 14.6 Å². The fraction of sp³-hybridized carbons (Fsp3) is 0.400. The molecule has 0 amide bonds. The van der Waals surface area contributed by atoms with Crippen LogP contribution in [0.3, 0.4) is 0 Å². The van der Waals surface area contributed by atoms with E-state index in [1.807, 2.05) is 11.0 Å². The Labute approximate surface area is 141 Å². The smallest absolute Gasteiger partial charge is 0.240 e. The van der Waals surface area contributed by atoms with Crippen molar-refractivity contribution in [1.29, 1.82) is 0 Å². The Balaban J connectivity index is 1.79. The van der Waals surface area contributed by atoms with Crippen LogP contribution in [0.1, 0.15) is 6.42 Å². The quantitative estimate of drug-likeness (QED) is 0.879.